The Labute approximate surface area is 169 Å². The Morgan fingerprint density at radius 3 is 2.50 bits per heavy atom. The lowest BCUT2D eigenvalue weighted by atomic mass is 10.1. The first kappa shape index (κ1) is 22.0. The molecule has 0 bridgehead atoms. The molecule has 0 aliphatic heterocycles. The molecule has 0 atom stereocenters. The number of hydrogen-bond donors (Lipinski definition) is 2. The largest absolute Gasteiger partial charge is 0.484 e. The lowest BCUT2D eigenvalue weighted by molar-refractivity contribution is -0.118. The van der Waals surface area contributed by atoms with Gasteiger partial charge in [0.05, 0.1) is 0 Å². The number of unbranched alkanes of at least 4 members (excludes halogenated alkanes) is 5. The molecule has 2 N–H and O–H groups in total. The van der Waals surface area contributed by atoms with E-state index in [0.717, 1.165) is 30.1 Å². The molecule has 28 heavy (non-hydrogen) atoms. The molecule has 0 spiro atoms. The Kier molecular flexibility index (Phi) is 10.2. The van der Waals surface area contributed by atoms with Crippen molar-refractivity contribution in [3.8, 4) is 5.75 Å². The summed E-state index contributed by atoms with van der Waals surface area (Å²) in [5, 5.41) is 6.33. The fourth-order valence-corrected chi connectivity index (χ4v) is 2.99. The van der Waals surface area contributed by atoms with Gasteiger partial charge in [-0.25, -0.2) is 0 Å². The molecule has 1 amide bonds. The zero-order valence-electron chi connectivity index (χ0n) is 17.3. The highest BCUT2D eigenvalue weighted by Gasteiger charge is 2.04. The molecule has 152 valence electrons. The first-order valence-electron chi connectivity index (χ1n) is 10.5. The van der Waals surface area contributed by atoms with E-state index in [2.05, 4.69) is 23.6 Å². The van der Waals surface area contributed by atoms with Gasteiger partial charge in [0, 0.05) is 12.2 Å². The van der Waals surface area contributed by atoms with Gasteiger partial charge in [0.1, 0.15) is 5.75 Å². The summed E-state index contributed by atoms with van der Waals surface area (Å²) >= 11 is 0. The summed E-state index contributed by atoms with van der Waals surface area (Å²) in [4.78, 5) is 12.0. The van der Waals surface area contributed by atoms with Crippen LogP contribution < -0.4 is 15.4 Å². The number of nitrogens with one attached hydrogen (secondary N) is 2. The van der Waals surface area contributed by atoms with Gasteiger partial charge in [0.2, 0.25) is 0 Å². The van der Waals surface area contributed by atoms with Crippen molar-refractivity contribution in [3.05, 3.63) is 59.7 Å². The topological polar surface area (TPSA) is 50.4 Å². The minimum absolute atomic E-state index is 0.00250. The second kappa shape index (κ2) is 12.9. The van der Waals surface area contributed by atoms with Crippen LogP contribution in [0.3, 0.4) is 0 Å². The number of ether oxygens (including phenoxy) is 1. The highest BCUT2D eigenvalue weighted by molar-refractivity contribution is 5.91. The van der Waals surface area contributed by atoms with Crippen molar-refractivity contribution in [2.24, 2.45) is 0 Å². The van der Waals surface area contributed by atoms with Gasteiger partial charge in [-0.3, -0.25) is 4.79 Å². The molecule has 0 aliphatic carbocycles. The highest BCUT2D eigenvalue weighted by atomic mass is 16.5. The van der Waals surface area contributed by atoms with Crippen molar-refractivity contribution in [3.63, 3.8) is 0 Å². The second-order valence-electron chi connectivity index (χ2n) is 7.29. The summed E-state index contributed by atoms with van der Waals surface area (Å²) in [6.07, 6.45) is 7.86. The van der Waals surface area contributed by atoms with Crippen LogP contribution in [0.2, 0.25) is 0 Å². The third kappa shape index (κ3) is 9.05. The summed E-state index contributed by atoms with van der Waals surface area (Å²) in [7, 11) is 0. The van der Waals surface area contributed by atoms with E-state index in [0.29, 0.717) is 0 Å². The van der Waals surface area contributed by atoms with Gasteiger partial charge in [0.15, 0.2) is 6.61 Å². The van der Waals surface area contributed by atoms with Gasteiger partial charge in [-0.05, 0) is 49.7 Å². The first-order valence-corrected chi connectivity index (χ1v) is 10.5. The van der Waals surface area contributed by atoms with Crippen molar-refractivity contribution < 1.29 is 9.53 Å². The molecule has 4 heteroatoms. The Bertz CT molecular complexity index is 698. The molecular weight excluding hydrogens is 348 g/mol. The highest BCUT2D eigenvalue weighted by Crippen LogP contribution is 2.14. The van der Waals surface area contributed by atoms with Crippen LogP contribution in [0.4, 0.5) is 5.69 Å². The molecule has 0 heterocycles. The molecule has 0 aromatic heterocycles. The van der Waals surface area contributed by atoms with Crippen LogP contribution in [0.15, 0.2) is 48.5 Å². The molecule has 0 fully saturated rings. The van der Waals surface area contributed by atoms with Crippen LogP contribution >= 0.6 is 0 Å². The molecule has 0 radical (unpaired) electrons. The number of carbonyl (C=O) groups is 1. The fraction of sp³-hybridized carbons (Fsp3) is 0.458. The van der Waals surface area contributed by atoms with E-state index in [-0.39, 0.29) is 12.5 Å². The lowest BCUT2D eigenvalue weighted by Crippen LogP contribution is -2.20. The molecule has 0 saturated heterocycles. The Hall–Kier alpha value is -2.33. The van der Waals surface area contributed by atoms with E-state index >= 15 is 0 Å². The third-order valence-corrected chi connectivity index (χ3v) is 4.64. The van der Waals surface area contributed by atoms with Crippen molar-refractivity contribution in [1.29, 1.82) is 0 Å². The van der Waals surface area contributed by atoms with Crippen LogP contribution in [0.25, 0.3) is 0 Å². The quantitative estimate of drug-likeness (QED) is 0.452. The number of benzene rings is 2. The molecule has 4 nitrogen and oxygen atoms in total. The maximum absolute atomic E-state index is 12.0. The van der Waals surface area contributed by atoms with Gasteiger partial charge < -0.3 is 15.4 Å². The number of anilines is 1. The van der Waals surface area contributed by atoms with Crippen molar-refractivity contribution in [1.82, 2.24) is 5.32 Å². The van der Waals surface area contributed by atoms with Crippen LogP contribution in [0, 0.1) is 6.92 Å². The number of rotatable bonds is 13. The molecule has 0 aliphatic rings. The third-order valence-electron chi connectivity index (χ3n) is 4.64. The van der Waals surface area contributed by atoms with Gasteiger partial charge in [0.25, 0.3) is 5.91 Å². The smallest absolute Gasteiger partial charge is 0.262 e. The van der Waals surface area contributed by atoms with Gasteiger partial charge >= 0.3 is 0 Å². The van der Waals surface area contributed by atoms with Gasteiger partial charge in [-0.2, -0.15) is 0 Å². The van der Waals surface area contributed by atoms with Crippen molar-refractivity contribution >= 4 is 11.6 Å². The van der Waals surface area contributed by atoms with E-state index in [1.807, 2.05) is 49.4 Å². The maximum atomic E-state index is 12.0. The molecule has 2 rings (SSSR count). The van der Waals surface area contributed by atoms with Crippen LogP contribution in [0.5, 0.6) is 5.75 Å². The maximum Gasteiger partial charge on any atom is 0.262 e. The van der Waals surface area contributed by atoms with Crippen LogP contribution in [-0.2, 0) is 11.3 Å². The average molecular weight is 383 g/mol. The monoisotopic (exact) mass is 382 g/mol. The van der Waals surface area contributed by atoms with E-state index < -0.39 is 0 Å². The fourth-order valence-electron chi connectivity index (χ4n) is 2.99. The molecule has 2 aromatic rings. The standard InChI is InChI=1S/C24H34N2O2/c1-3-4-5-6-7-8-16-25-18-21-10-9-11-23(17-21)28-19-24(27)26-22-14-12-20(2)13-15-22/h9-15,17,25H,3-8,16,18-19H2,1-2H3,(H,26,27). The van der Waals surface area contributed by atoms with E-state index in [9.17, 15) is 4.79 Å². The molecule has 0 unspecified atom stereocenters. The summed E-state index contributed by atoms with van der Waals surface area (Å²) in [5.41, 5.74) is 3.12. The van der Waals surface area contributed by atoms with E-state index in [1.54, 1.807) is 0 Å². The van der Waals surface area contributed by atoms with Crippen LogP contribution in [0.1, 0.15) is 56.6 Å². The number of amides is 1. The van der Waals surface area contributed by atoms with E-state index in [4.69, 9.17) is 4.74 Å². The summed E-state index contributed by atoms with van der Waals surface area (Å²) in [5.74, 6) is 0.563. The van der Waals surface area contributed by atoms with Gasteiger partial charge in [-0.1, -0.05) is 68.9 Å². The number of carbonyl (C=O) groups excluding carboxylic acids is 1. The first-order chi connectivity index (χ1) is 13.7. The average Bonchev–Trinajstić information content (AvgIpc) is 2.70. The Morgan fingerprint density at radius 1 is 0.964 bits per heavy atom. The molecular formula is C24H34N2O2. The number of hydrogen-bond acceptors (Lipinski definition) is 3. The molecule has 2 aromatic carbocycles. The Morgan fingerprint density at radius 2 is 1.71 bits per heavy atom. The summed E-state index contributed by atoms with van der Waals surface area (Å²) in [6, 6.07) is 15.6. The van der Waals surface area contributed by atoms with E-state index in [1.165, 1.54) is 44.1 Å². The normalized spacial score (nSPS) is 10.6. The van der Waals surface area contributed by atoms with Gasteiger partial charge in [-0.15, -0.1) is 0 Å². The summed E-state index contributed by atoms with van der Waals surface area (Å²) in [6.45, 7) is 6.13. The SMILES string of the molecule is CCCCCCCCNCc1cccc(OCC(=O)Nc2ccc(C)cc2)c1. The van der Waals surface area contributed by atoms with Crippen molar-refractivity contribution in [2.75, 3.05) is 18.5 Å². The zero-order chi connectivity index (χ0) is 20.0. The predicted octanol–water partition coefficient (Wildman–Crippen LogP) is 5.46. The zero-order valence-corrected chi connectivity index (χ0v) is 17.3. The Balaban J connectivity index is 1.65. The van der Waals surface area contributed by atoms with Crippen LogP contribution in [-0.4, -0.2) is 19.1 Å². The predicted molar refractivity (Wildman–Crippen MR) is 117 cm³/mol. The minimum atomic E-state index is -0.157. The summed E-state index contributed by atoms with van der Waals surface area (Å²) < 4.78 is 5.65. The minimum Gasteiger partial charge on any atom is -0.484 e. The second-order valence-corrected chi connectivity index (χ2v) is 7.29. The molecule has 0 saturated carbocycles. The number of aryl methyl sites for hydroxylation is 1. The lowest BCUT2D eigenvalue weighted by Gasteiger charge is -2.10. The van der Waals surface area contributed by atoms with Crippen molar-refractivity contribution in [2.45, 2.75) is 58.9 Å².